The van der Waals surface area contributed by atoms with Crippen molar-refractivity contribution < 1.29 is 0 Å². The van der Waals surface area contributed by atoms with Crippen LogP contribution in [-0.4, -0.2) is 6.04 Å². The van der Waals surface area contributed by atoms with Crippen LogP contribution < -0.4 is 5.32 Å². The molecule has 1 N–H and O–H groups in total. The number of aryl methyl sites for hydroxylation is 1. The van der Waals surface area contributed by atoms with Crippen LogP contribution in [0.4, 0.5) is 0 Å². The van der Waals surface area contributed by atoms with Gasteiger partial charge in [0.15, 0.2) is 0 Å². The molecule has 3 aliphatic carbocycles. The number of hydrogen-bond donors (Lipinski definition) is 1. The highest BCUT2D eigenvalue weighted by molar-refractivity contribution is 7.10. The summed E-state index contributed by atoms with van der Waals surface area (Å²) in [6.45, 7) is 0. The van der Waals surface area contributed by atoms with Crippen molar-refractivity contribution in [3.05, 3.63) is 21.9 Å². The van der Waals surface area contributed by atoms with Gasteiger partial charge in [-0.1, -0.05) is 6.42 Å². The molecule has 1 heterocycles. The summed E-state index contributed by atoms with van der Waals surface area (Å²) in [4.78, 5) is 1.65. The van der Waals surface area contributed by atoms with E-state index < -0.39 is 0 Å². The zero-order chi connectivity index (χ0) is 11.2. The van der Waals surface area contributed by atoms with Gasteiger partial charge in [0.05, 0.1) is 0 Å². The molecular weight excluding hydrogens is 226 g/mol. The van der Waals surface area contributed by atoms with Gasteiger partial charge in [0.25, 0.3) is 0 Å². The van der Waals surface area contributed by atoms with Gasteiger partial charge < -0.3 is 5.32 Å². The molecule has 0 aliphatic heterocycles. The lowest BCUT2D eigenvalue weighted by atomic mass is 9.90. The van der Waals surface area contributed by atoms with Crippen molar-refractivity contribution in [1.29, 1.82) is 0 Å². The molecule has 0 radical (unpaired) electrons. The Morgan fingerprint density at radius 3 is 3.00 bits per heavy atom. The highest BCUT2D eigenvalue weighted by Gasteiger charge is 2.40. The topological polar surface area (TPSA) is 12.0 Å². The Morgan fingerprint density at radius 1 is 1.18 bits per heavy atom. The second-order valence-electron chi connectivity index (χ2n) is 6.19. The van der Waals surface area contributed by atoms with Gasteiger partial charge in [-0.2, -0.15) is 0 Å². The number of fused-ring (bicyclic) bond motifs is 3. The maximum Gasteiger partial charge on any atom is 0.0333 e. The Balaban J connectivity index is 1.50. The summed E-state index contributed by atoms with van der Waals surface area (Å²) in [7, 11) is 0. The maximum absolute atomic E-state index is 4.00. The summed E-state index contributed by atoms with van der Waals surface area (Å²) in [5, 5.41) is 6.28. The number of nitrogens with one attached hydrogen (secondary N) is 1. The molecule has 2 heteroatoms. The predicted molar refractivity (Wildman–Crippen MR) is 72.4 cm³/mol. The van der Waals surface area contributed by atoms with Crippen LogP contribution in [-0.2, 0) is 6.42 Å². The molecule has 4 rings (SSSR count). The monoisotopic (exact) mass is 247 g/mol. The molecule has 4 unspecified atom stereocenters. The zero-order valence-electron chi connectivity index (χ0n) is 10.3. The van der Waals surface area contributed by atoms with E-state index in [9.17, 15) is 0 Å². The van der Waals surface area contributed by atoms with E-state index in [0.717, 1.165) is 17.9 Å². The van der Waals surface area contributed by atoms with Gasteiger partial charge in [0.1, 0.15) is 0 Å². The smallest absolute Gasteiger partial charge is 0.0333 e. The quantitative estimate of drug-likeness (QED) is 0.835. The molecular formula is C15H21NS. The Labute approximate surface area is 108 Å². The van der Waals surface area contributed by atoms with E-state index in [0.29, 0.717) is 6.04 Å². The standard InChI is InChI=1S/C15H21NS/c1-2-13(12-6-7-17-15(12)3-1)16-14-9-10-4-5-11(14)8-10/h6-7,10-11,13-14,16H,1-5,8-9H2. The van der Waals surface area contributed by atoms with Crippen LogP contribution >= 0.6 is 11.3 Å². The normalized spacial score (nSPS) is 39.5. The minimum absolute atomic E-state index is 0.675. The summed E-state index contributed by atoms with van der Waals surface area (Å²) in [6, 6.07) is 3.88. The highest BCUT2D eigenvalue weighted by Crippen LogP contribution is 2.46. The molecule has 4 atom stereocenters. The lowest BCUT2D eigenvalue weighted by molar-refractivity contribution is 0.305. The fourth-order valence-corrected chi connectivity index (χ4v) is 5.35. The molecule has 17 heavy (non-hydrogen) atoms. The van der Waals surface area contributed by atoms with Gasteiger partial charge in [-0.05, 0) is 67.4 Å². The van der Waals surface area contributed by atoms with Crippen LogP contribution in [0.3, 0.4) is 0 Å². The first-order valence-electron chi connectivity index (χ1n) is 7.22. The van der Waals surface area contributed by atoms with Crippen molar-refractivity contribution in [2.45, 2.75) is 57.0 Å². The summed E-state index contributed by atoms with van der Waals surface area (Å²) < 4.78 is 0. The number of rotatable bonds is 2. The third-order valence-electron chi connectivity index (χ3n) is 5.21. The van der Waals surface area contributed by atoms with Crippen LogP contribution in [0.5, 0.6) is 0 Å². The molecule has 0 saturated heterocycles. The van der Waals surface area contributed by atoms with Crippen LogP contribution in [0.25, 0.3) is 0 Å². The molecule has 1 nitrogen and oxygen atoms in total. The predicted octanol–water partition coefficient (Wildman–Crippen LogP) is 3.90. The van der Waals surface area contributed by atoms with Gasteiger partial charge in [-0.3, -0.25) is 0 Å². The Hall–Kier alpha value is -0.340. The van der Waals surface area contributed by atoms with Crippen molar-refractivity contribution in [3.63, 3.8) is 0 Å². The molecule has 2 saturated carbocycles. The van der Waals surface area contributed by atoms with E-state index >= 15 is 0 Å². The molecule has 2 fully saturated rings. The third-order valence-corrected chi connectivity index (χ3v) is 6.20. The molecule has 92 valence electrons. The lowest BCUT2D eigenvalue weighted by Crippen LogP contribution is -2.37. The first-order chi connectivity index (χ1) is 8.40. The maximum atomic E-state index is 4.00. The van der Waals surface area contributed by atoms with Crippen molar-refractivity contribution in [2.24, 2.45) is 11.8 Å². The van der Waals surface area contributed by atoms with Gasteiger partial charge in [0.2, 0.25) is 0 Å². The van der Waals surface area contributed by atoms with Crippen molar-refractivity contribution in [3.8, 4) is 0 Å². The molecule has 2 bridgehead atoms. The third kappa shape index (κ3) is 1.77. The fraction of sp³-hybridized carbons (Fsp3) is 0.733. The average Bonchev–Trinajstić information content (AvgIpc) is 3.04. The first kappa shape index (κ1) is 10.6. The highest BCUT2D eigenvalue weighted by atomic mass is 32.1. The first-order valence-corrected chi connectivity index (χ1v) is 8.10. The summed E-state index contributed by atoms with van der Waals surface area (Å²) in [5.41, 5.74) is 1.63. The van der Waals surface area contributed by atoms with E-state index in [-0.39, 0.29) is 0 Å². The zero-order valence-corrected chi connectivity index (χ0v) is 11.1. The second-order valence-corrected chi connectivity index (χ2v) is 7.19. The van der Waals surface area contributed by atoms with Crippen molar-refractivity contribution >= 4 is 11.3 Å². The van der Waals surface area contributed by atoms with Gasteiger partial charge in [-0.25, -0.2) is 0 Å². The summed E-state index contributed by atoms with van der Waals surface area (Å²) in [5.74, 6) is 2.06. The average molecular weight is 247 g/mol. The summed E-state index contributed by atoms with van der Waals surface area (Å²) in [6.07, 6.45) is 10.0. The van der Waals surface area contributed by atoms with Gasteiger partial charge in [-0.15, -0.1) is 11.3 Å². The molecule has 1 aromatic rings. The molecule has 1 aromatic heterocycles. The van der Waals surface area contributed by atoms with Crippen LogP contribution in [0, 0.1) is 11.8 Å². The fourth-order valence-electron chi connectivity index (χ4n) is 4.37. The lowest BCUT2D eigenvalue weighted by Gasteiger charge is -2.31. The van der Waals surface area contributed by atoms with E-state index in [1.165, 1.54) is 44.9 Å². The number of thiophene rings is 1. The SMILES string of the molecule is c1cc2c(s1)CCCC2NC1CC2CCC1C2. The van der Waals surface area contributed by atoms with Crippen LogP contribution in [0.15, 0.2) is 11.4 Å². The van der Waals surface area contributed by atoms with Gasteiger partial charge >= 0.3 is 0 Å². The minimum atomic E-state index is 0.675. The molecule has 0 amide bonds. The van der Waals surface area contributed by atoms with Crippen LogP contribution in [0.1, 0.15) is 55.0 Å². The van der Waals surface area contributed by atoms with E-state index in [4.69, 9.17) is 0 Å². The largest absolute Gasteiger partial charge is 0.307 e. The Morgan fingerprint density at radius 2 is 2.18 bits per heavy atom. The summed E-state index contributed by atoms with van der Waals surface area (Å²) >= 11 is 1.96. The van der Waals surface area contributed by atoms with Crippen molar-refractivity contribution in [2.75, 3.05) is 0 Å². The van der Waals surface area contributed by atoms with Crippen molar-refractivity contribution in [1.82, 2.24) is 5.32 Å². The van der Waals surface area contributed by atoms with E-state index in [1.807, 2.05) is 11.3 Å². The second kappa shape index (κ2) is 4.10. The van der Waals surface area contributed by atoms with E-state index in [1.54, 1.807) is 10.4 Å². The Kier molecular flexibility index (Phi) is 2.55. The Bertz CT molecular complexity index is 411. The molecule has 0 aromatic carbocycles. The minimum Gasteiger partial charge on any atom is -0.307 e. The van der Waals surface area contributed by atoms with Gasteiger partial charge in [0, 0.05) is 17.0 Å². The van der Waals surface area contributed by atoms with E-state index in [2.05, 4.69) is 16.8 Å². The van der Waals surface area contributed by atoms with Crippen LogP contribution in [0.2, 0.25) is 0 Å². The molecule has 3 aliphatic rings. The molecule has 0 spiro atoms. The number of hydrogen-bond acceptors (Lipinski definition) is 2.